The first-order valence-electron chi connectivity index (χ1n) is 33.2. The number of rotatable bonds is 59. The molecule has 0 aromatic rings. The van der Waals surface area contributed by atoms with Crippen molar-refractivity contribution in [2.75, 3.05) is 119 Å². The zero-order valence-electron chi connectivity index (χ0n) is 55.7. The summed E-state index contributed by atoms with van der Waals surface area (Å²) in [6, 6.07) is -1.73. The maximum Gasteiger partial charge on any atom is 0.324 e. The van der Waals surface area contributed by atoms with E-state index in [1.165, 1.54) is 73.0 Å². The van der Waals surface area contributed by atoms with E-state index in [0.717, 1.165) is 103 Å². The molecule has 0 aliphatic heterocycles. The van der Waals surface area contributed by atoms with Crippen LogP contribution in [0.3, 0.4) is 0 Å². The Balaban J connectivity index is 6.49. The minimum Gasteiger partial charge on any atom is -0.466 e. The molecule has 0 fully saturated rings. The average Bonchev–Trinajstić information content (AvgIpc) is 3.43. The highest BCUT2D eigenvalue weighted by molar-refractivity contribution is 8.76. The van der Waals surface area contributed by atoms with Gasteiger partial charge >= 0.3 is 35.8 Å². The summed E-state index contributed by atoms with van der Waals surface area (Å²) in [7, 11) is 10.3. The number of carbonyl (C=O) groups is 6. The molecule has 0 N–H and O–H groups in total. The molecule has 0 amide bonds. The zero-order valence-corrected chi connectivity index (χ0v) is 57.3. The molecule has 0 aromatic carbocycles. The maximum atomic E-state index is 14.2. The SMILES string of the molecule is CC(C)CCCCCCCOC(=O)CCN(CCC(=O)OCCCCCCCC(C)C)[C@@H](CSSC[C@@H](C(=O)OCCN(C)C)N(CCC(=O)OCCCCCCCC(C)C)CCC(=O)OCCCCCCCC(C)C)C(=O)OCCN(C)C. The van der Waals surface area contributed by atoms with Crippen LogP contribution in [-0.4, -0.2) is 186 Å². The largest absolute Gasteiger partial charge is 0.466 e. The molecule has 18 heteroatoms. The molecule has 2 atom stereocenters. The lowest BCUT2D eigenvalue weighted by Crippen LogP contribution is -2.47. The van der Waals surface area contributed by atoms with Gasteiger partial charge in [-0.1, -0.05) is 205 Å². The third kappa shape index (κ3) is 52.5. The van der Waals surface area contributed by atoms with Crippen molar-refractivity contribution in [2.24, 2.45) is 23.7 Å². The Kier molecular flexibility index (Phi) is 53.9. The highest BCUT2D eigenvalue weighted by Crippen LogP contribution is 2.28. The number of likely N-dealkylation sites (N-methyl/N-ethyl adjacent to an activating group) is 2. The van der Waals surface area contributed by atoms with Crippen molar-refractivity contribution in [1.29, 1.82) is 0 Å². The molecule has 0 saturated heterocycles. The van der Waals surface area contributed by atoms with Crippen molar-refractivity contribution in [2.45, 2.75) is 247 Å². The third-order valence-electron chi connectivity index (χ3n) is 14.7. The predicted molar refractivity (Wildman–Crippen MR) is 347 cm³/mol. The summed E-state index contributed by atoms with van der Waals surface area (Å²) in [5, 5.41) is 0. The summed E-state index contributed by atoms with van der Waals surface area (Å²) in [6.45, 7) is 21.1. The quantitative estimate of drug-likeness (QED) is 0.0243. The molecule has 16 nitrogen and oxygen atoms in total. The molecule has 0 rings (SSSR count). The Bertz CT molecular complexity index is 1440. The number of hydrogen-bond acceptors (Lipinski definition) is 18. The Hall–Kier alpha value is -2.64. The lowest BCUT2D eigenvalue weighted by Gasteiger charge is -2.31. The van der Waals surface area contributed by atoms with Crippen LogP contribution in [0.2, 0.25) is 0 Å². The topological polar surface area (TPSA) is 171 Å². The van der Waals surface area contributed by atoms with Gasteiger partial charge in [-0.05, 0) is 77.5 Å². The Morgan fingerprint density at radius 3 is 0.750 bits per heavy atom. The van der Waals surface area contributed by atoms with Crippen LogP contribution in [-0.2, 0) is 57.2 Å². The monoisotopic (exact) mass is 1230 g/mol. The number of esters is 6. The van der Waals surface area contributed by atoms with E-state index in [2.05, 4.69) is 55.4 Å². The average molecular weight is 1230 g/mol. The van der Waals surface area contributed by atoms with Crippen LogP contribution in [0.15, 0.2) is 0 Å². The molecule has 494 valence electrons. The van der Waals surface area contributed by atoms with E-state index in [4.69, 9.17) is 28.4 Å². The summed E-state index contributed by atoms with van der Waals surface area (Å²) in [4.78, 5) is 89.0. The van der Waals surface area contributed by atoms with E-state index < -0.39 is 24.0 Å². The van der Waals surface area contributed by atoms with E-state index in [1.54, 1.807) is 0 Å². The Labute approximate surface area is 521 Å². The predicted octanol–water partition coefficient (Wildman–Crippen LogP) is 13.6. The molecule has 0 heterocycles. The van der Waals surface area contributed by atoms with Crippen LogP contribution in [0.1, 0.15) is 235 Å². The summed E-state index contributed by atoms with van der Waals surface area (Å²) >= 11 is 0. The zero-order chi connectivity index (χ0) is 62.6. The fraction of sp³-hybridized carbons (Fsp3) is 0.909. The number of hydrogen-bond donors (Lipinski definition) is 0. The fourth-order valence-corrected chi connectivity index (χ4v) is 11.8. The van der Waals surface area contributed by atoms with Gasteiger partial charge in [-0.2, -0.15) is 0 Å². The number of carbonyl (C=O) groups excluding carboxylic acids is 6. The van der Waals surface area contributed by atoms with E-state index in [-0.39, 0.29) is 100 Å². The van der Waals surface area contributed by atoms with Gasteiger partial charge in [0.15, 0.2) is 0 Å². The van der Waals surface area contributed by atoms with Crippen molar-refractivity contribution in [1.82, 2.24) is 19.6 Å². The number of ether oxygens (including phenoxy) is 6. The minimum atomic E-state index is -0.867. The third-order valence-corrected chi connectivity index (χ3v) is 17.1. The molecule has 0 aliphatic rings. The van der Waals surface area contributed by atoms with E-state index >= 15 is 0 Å². The first-order valence-corrected chi connectivity index (χ1v) is 35.7. The summed E-state index contributed by atoms with van der Waals surface area (Å²) in [6.07, 6.45) is 25.8. The van der Waals surface area contributed by atoms with Crippen LogP contribution in [0.25, 0.3) is 0 Å². The smallest absolute Gasteiger partial charge is 0.324 e. The van der Waals surface area contributed by atoms with Crippen molar-refractivity contribution in [3.63, 3.8) is 0 Å². The van der Waals surface area contributed by atoms with Crippen molar-refractivity contribution >= 4 is 57.4 Å². The first kappa shape index (κ1) is 81.4. The molecular formula is C66H126N4O12S2. The van der Waals surface area contributed by atoms with Crippen LogP contribution in [0.5, 0.6) is 0 Å². The summed E-state index contributed by atoms with van der Waals surface area (Å²) in [5.41, 5.74) is 0. The highest BCUT2D eigenvalue weighted by atomic mass is 33.1. The second-order valence-corrected chi connectivity index (χ2v) is 27.8. The molecule has 0 aliphatic carbocycles. The van der Waals surface area contributed by atoms with Gasteiger partial charge < -0.3 is 38.2 Å². The summed E-state index contributed by atoms with van der Waals surface area (Å²) in [5.74, 6) is 0.679. The maximum absolute atomic E-state index is 14.2. The van der Waals surface area contributed by atoms with E-state index in [9.17, 15) is 28.8 Å². The molecule has 84 heavy (non-hydrogen) atoms. The highest BCUT2D eigenvalue weighted by Gasteiger charge is 2.32. The lowest BCUT2D eigenvalue weighted by atomic mass is 10.0. The minimum absolute atomic E-state index is 0.0110. The van der Waals surface area contributed by atoms with Gasteiger partial charge in [-0.15, -0.1) is 0 Å². The van der Waals surface area contributed by atoms with Gasteiger partial charge in [-0.3, -0.25) is 38.6 Å². The Morgan fingerprint density at radius 2 is 0.524 bits per heavy atom. The molecule has 0 bridgehead atoms. The first-order chi connectivity index (χ1) is 40.2. The fourth-order valence-electron chi connectivity index (χ4n) is 9.28. The van der Waals surface area contributed by atoms with Gasteiger partial charge in [0.1, 0.15) is 25.3 Å². The van der Waals surface area contributed by atoms with Crippen molar-refractivity contribution in [3.05, 3.63) is 0 Å². The molecule has 0 unspecified atom stereocenters. The van der Waals surface area contributed by atoms with Crippen molar-refractivity contribution in [3.8, 4) is 0 Å². The van der Waals surface area contributed by atoms with Gasteiger partial charge in [0.2, 0.25) is 0 Å². The lowest BCUT2D eigenvalue weighted by molar-refractivity contribution is -0.152. The molecular weight excluding hydrogens is 1100 g/mol. The van der Waals surface area contributed by atoms with Crippen LogP contribution in [0.4, 0.5) is 0 Å². The van der Waals surface area contributed by atoms with Crippen molar-refractivity contribution < 1.29 is 57.2 Å². The number of nitrogens with zero attached hydrogens (tertiary/aromatic N) is 4. The standard InChI is InChI=1S/C66H126N4O12S2/c1-55(2)33-25-17-13-21-29-47-77-61(71)37-41-69(42-38-62(72)78-48-30-22-14-18-26-34-56(3)4)59(65(75)81-51-45-67(9)10)53-83-84-54-60(66(76)82-52-46-68(11)12)70(43-39-63(73)79-49-31-23-15-19-27-35-57(5)6)44-40-64(74)80-50-32-24-16-20-28-36-58(7)8/h55-60H,13-54H2,1-12H3/t59-,60-/m0/s1. The normalized spacial score (nSPS) is 12.6. The van der Waals surface area contributed by atoms with Crippen LogP contribution in [0, 0.1) is 23.7 Å². The van der Waals surface area contributed by atoms with Gasteiger partial charge in [-0.25, -0.2) is 0 Å². The second-order valence-electron chi connectivity index (χ2n) is 25.3. The summed E-state index contributed by atoms with van der Waals surface area (Å²) < 4.78 is 34.5. The molecule has 0 radical (unpaired) electrons. The van der Waals surface area contributed by atoms with E-state index in [1.807, 2.05) is 47.8 Å². The molecule has 0 spiro atoms. The Morgan fingerprint density at radius 1 is 0.298 bits per heavy atom. The molecule has 0 saturated carbocycles. The van der Waals surface area contributed by atoms with Gasteiger partial charge in [0.05, 0.1) is 52.1 Å². The van der Waals surface area contributed by atoms with Crippen LogP contribution < -0.4 is 0 Å². The van der Waals surface area contributed by atoms with Gasteiger partial charge in [0, 0.05) is 50.8 Å². The molecule has 0 aromatic heterocycles. The van der Waals surface area contributed by atoms with E-state index in [0.29, 0.717) is 63.2 Å². The van der Waals surface area contributed by atoms with Gasteiger partial charge in [0.25, 0.3) is 0 Å². The number of unbranched alkanes of at least 4 members (excludes halogenated alkanes) is 16. The second kappa shape index (κ2) is 55.7. The van der Waals surface area contributed by atoms with Crippen LogP contribution >= 0.6 is 21.6 Å².